The van der Waals surface area contributed by atoms with Gasteiger partial charge in [-0.15, -0.1) is 0 Å². The van der Waals surface area contributed by atoms with Crippen molar-refractivity contribution in [2.24, 2.45) is 0 Å². The van der Waals surface area contributed by atoms with Gasteiger partial charge in [-0.2, -0.15) is 0 Å². The lowest BCUT2D eigenvalue weighted by Gasteiger charge is -2.33. The van der Waals surface area contributed by atoms with E-state index in [1.807, 2.05) is 25.7 Å². The van der Waals surface area contributed by atoms with Crippen LogP contribution in [0.1, 0.15) is 64.8 Å². The summed E-state index contributed by atoms with van der Waals surface area (Å²) >= 11 is 0. The number of aryl methyl sites for hydroxylation is 2. The van der Waals surface area contributed by atoms with E-state index in [0.717, 1.165) is 39.0 Å². The van der Waals surface area contributed by atoms with Crippen molar-refractivity contribution in [1.82, 2.24) is 9.47 Å². The third kappa shape index (κ3) is 3.97. The third-order valence-electron chi connectivity index (χ3n) is 5.61. The van der Waals surface area contributed by atoms with Crippen molar-refractivity contribution in [3.05, 3.63) is 29.6 Å². The molecule has 0 N–H and O–H groups in total. The molecule has 5 heteroatoms. The van der Waals surface area contributed by atoms with Crippen LogP contribution < -0.4 is 4.57 Å². The Bertz CT molecular complexity index is 824. The molecule has 0 spiro atoms. The predicted molar refractivity (Wildman–Crippen MR) is 108 cm³/mol. The minimum absolute atomic E-state index is 0.184. The van der Waals surface area contributed by atoms with Crippen molar-refractivity contribution in [2.45, 2.75) is 79.0 Å². The lowest BCUT2D eigenvalue weighted by atomic mass is 9.89. The Hall–Kier alpha value is -2.04. The molecule has 0 aliphatic carbocycles. The molecule has 27 heavy (non-hydrogen) atoms. The highest BCUT2D eigenvalue weighted by atomic mass is 16.6. The molecule has 0 atom stereocenters. The van der Waals surface area contributed by atoms with Gasteiger partial charge in [-0.25, -0.2) is 13.9 Å². The lowest BCUT2D eigenvalue weighted by molar-refractivity contribution is -0.674. The summed E-state index contributed by atoms with van der Waals surface area (Å²) in [5.41, 5.74) is 3.59. The van der Waals surface area contributed by atoms with Crippen LogP contribution in [0.3, 0.4) is 0 Å². The number of piperidine rings is 1. The topological polar surface area (TPSA) is 38.3 Å². The van der Waals surface area contributed by atoms with Gasteiger partial charge < -0.3 is 9.64 Å². The maximum absolute atomic E-state index is 12.3. The van der Waals surface area contributed by atoms with Crippen LogP contribution in [0.5, 0.6) is 0 Å². The molecular weight excluding hydrogens is 338 g/mol. The Morgan fingerprint density at radius 1 is 1.22 bits per heavy atom. The molecule has 1 fully saturated rings. The van der Waals surface area contributed by atoms with Crippen molar-refractivity contribution in [2.75, 3.05) is 13.1 Å². The van der Waals surface area contributed by atoms with Crippen LogP contribution in [0, 0.1) is 6.92 Å². The van der Waals surface area contributed by atoms with Crippen LogP contribution in [0.2, 0.25) is 0 Å². The second-order valence-electron chi connectivity index (χ2n) is 8.53. The van der Waals surface area contributed by atoms with E-state index in [9.17, 15) is 4.79 Å². The third-order valence-corrected chi connectivity index (χ3v) is 5.61. The summed E-state index contributed by atoms with van der Waals surface area (Å²) < 4.78 is 10.3. The Balaban J connectivity index is 1.77. The first kappa shape index (κ1) is 19.7. The zero-order valence-corrected chi connectivity index (χ0v) is 17.7. The minimum Gasteiger partial charge on any atom is -0.444 e. The molecule has 1 amide bonds. The maximum Gasteiger partial charge on any atom is 0.410 e. The van der Waals surface area contributed by atoms with Crippen LogP contribution >= 0.6 is 0 Å². The van der Waals surface area contributed by atoms with E-state index in [0.29, 0.717) is 5.92 Å². The van der Waals surface area contributed by atoms with Gasteiger partial charge in [-0.1, -0.05) is 6.07 Å². The van der Waals surface area contributed by atoms with Gasteiger partial charge in [-0.3, -0.25) is 0 Å². The number of rotatable bonds is 3. The number of hydrogen-bond donors (Lipinski definition) is 0. The minimum atomic E-state index is -0.433. The molecular formula is C22H34N3O2+. The normalized spacial score (nSPS) is 16.1. The van der Waals surface area contributed by atoms with E-state index in [1.165, 1.54) is 22.4 Å². The number of nitrogens with zero attached hydrogens (tertiary/aromatic N) is 3. The Labute approximate surface area is 162 Å². The fraction of sp³-hybridized carbons (Fsp3) is 0.636. The van der Waals surface area contributed by atoms with Crippen molar-refractivity contribution >= 4 is 17.1 Å². The average molecular weight is 373 g/mol. The molecule has 1 aliphatic rings. The highest BCUT2D eigenvalue weighted by molar-refractivity contribution is 5.74. The summed E-state index contributed by atoms with van der Waals surface area (Å²) in [6, 6.07) is 6.92. The van der Waals surface area contributed by atoms with Crippen molar-refractivity contribution in [1.29, 1.82) is 0 Å². The van der Waals surface area contributed by atoms with Gasteiger partial charge in [-0.05, 0) is 71.1 Å². The molecule has 1 aromatic heterocycles. The van der Waals surface area contributed by atoms with Crippen molar-refractivity contribution < 1.29 is 14.1 Å². The zero-order valence-electron chi connectivity index (χ0n) is 17.7. The molecule has 2 aromatic rings. The van der Waals surface area contributed by atoms with Gasteiger partial charge in [0.25, 0.3) is 5.82 Å². The SMILES string of the molecule is CCn1c(C)[n+](CC)c2ccc(C3CCN(C(=O)OC(C)(C)C)CC3)cc21. The summed E-state index contributed by atoms with van der Waals surface area (Å²) in [4.78, 5) is 14.1. The average Bonchev–Trinajstić information content (AvgIpc) is 2.90. The Morgan fingerprint density at radius 3 is 2.44 bits per heavy atom. The van der Waals surface area contributed by atoms with Crippen LogP contribution in [-0.4, -0.2) is 34.3 Å². The fourth-order valence-corrected chi connectivity index (χ4v) is 4.25. The molecule has 0 bridgehead atoms. The first-order valence-corrected chi connectivity index (χ1v) is 10.3. The monoisotopic (exact) mass is 372 g/mol. The van der Waals surface area contributed by atoms with Crippen LogP contribution in [0.4, 0.5) is 4.79 Å². The van der Waals surface area contributed by atoms with E-state index in [2.05, 4.69) is 48.1 Å². The second-order valence-corrected chi connectivity index (χ2v) is 8.53. The highest BCUT2D eigenvalue weighted by Crippen LogP contribution is 2.30. The number of benzene rings is 1. The Kier molecular flexibility index (Phi) is 5.50. The Morgan fingerprint density at radius 2 is 1.89 bits per heavy atom. The molecule has 3 rings (SSSR count). The van der Waals surface area contributed by atoms with Gasteiger partial charge in [0.05, 0.1) is 13.1 Å². The number of imidazole rings is 1. The number of hydrogen-bond acceptors (Lipinski definition) is 2. The van der Waals surface area contributed by atoms with Crippen molar-refractivity contribution in [3.63, 3.8) is 0 Å². The maximum atomic E-state index is 12.3. The highest BCUT2D eigenvalue weighted by Gasteiger charge is 2.28. The number of ether oxygens (including phenoxy) is 1. The van der Waals surface area contributed by atoms with Gasteiger partial charge >= 0.3 is 6.09 Å². The molecule has 0 saturated carbocycles. The van der Waals surface area contributed by atoms with E-state index >= 15 is 0 Å². The van der Waals surface area contributed by atoms with Gasteiger partial charge in [0.2, 0.25) is 0 Å². The lowest BCUT2D eigenvalue weighted by Crippen LogP contribution is -2.41. The van der Waals surface area contributed by atoms with E-state index in [4.69, 9.17) is 4.74 Å². The van der Waals surface area contributed by atoms with Crippen LogP contribution in [0.25, 0.3) is 11.0 Å². The largest absolute Gasteiger partial charge is 0.444 e. The van der Waals surface area contributed by atoms with E-state index in [-0.39, 0.29) is 6.09 Å². The van der Waals surface area contributed by atoms with Crippen molar-refractivity contribution in [3.8, 4) is 0 Å². The van der Waals surface area contributed by atoms with Gasteiger partial charge in [0, 0.05) is 20.0 Å². The summed E-state index contributed by atoms with van der Waals surface area (Å²) in [5, 5.41) is 0. The molecule has 5 nitrogen and oxygen atoms in total. The molecule has 0 radical (unpaired) electrons. The molecule has 148 valence electrons. The predicted octanol–water partition coefficient (Wildman–Crippen LogP) is 4.39. The van der Waals surface area contributed by atoms with Gasteiger partial charge in [0.1, 0.15) is 5.60 Å². The first-order chi connectivity index (χ1) is 12.7. The summed E-state index contributed by atoms with van der Waals surface area (Å²) in [6.07, 6.45) is 1.80. The first-order valence-electron chi connectivity index (χ1n) is 10.3. The van der Waals surface area contributed by atoms with Gasteiger partial charge in [0.15, 0.2) is 11.0 Å². The number of aromatic nitrogens is 2. The number of carbonyl (C=O) groups excluding carboxylic acids is 1. The molecule has 0 unspecified atom stereocenters. The van der Waals surface area contributed by atoms with E-state index < -0.39 is 5.60 Å². The molecule has 1 saturated heterocycles. The molecule has 1 aromatic carbocycles. The second kappa shape index (κ2) is 7.53. The number of fused-ring (bicyclic) bond motifs is 1. The molecule has 1 aliphatic heterocycles. The summed E-state index contributed by atoms with van der Waals surface area (Å²) in [5.74, 6) is 1.82. The zero-order chi connectivity index (χ0) is 19.8. The summed E-state index contributed by atoms with van der Waals surface area (Å²) in [6.45, 7) is 15.9. The smallest absolute Gasteiger partial charge is 0.410 e. The summed E-state index contributed by atoms with van der Waals surface area (Å²) in [7, 11) is 0. The van der Waals surface area contributed by atoms with Crippen LogP contribution in [-0.2, 0) is 17.8 Å². The standard InChI is InChI=1S/C22H34N3O2/c1-7-24-16(3)25(8-2)20-15-18(9-10-19(20)24)17-11-13-23(14-12-17)21(26)27-22(4,5)6/h9-10,15,17H,7-8,11-14H2,1-6H3/q+1. The van der Waals surface area contributed by atoms with E-state index in [1.54, 1.807) is 0 Å². The molecule has 2 heterocycles. The fourth-order valence-electron chi connectivity index (χ4n) is 4.25. The number of amides is 1. The number of likely N-dealkylation sites (tertiary alicyclic amines) is 1. The van der Waals surface area contributed by atoms with Crippen LogP contribution in [0.15, 0.2) is 18.2 Å². The number of carbonyl (C=O) groups is 1. The quantitative estimate of drug-likeness (QED) is 0.750.